The van der Waals surface area contributed by atoms with Crippen LogP contribution in [0.5, 0.6) is 0 Å². The molecule has 8 nitrogen and oxygen atoms in total. The second-order valence-electron chi connectivity index (χ2n) is 12.8. The number of hydrogen-bond donors (Lipinski definition) is 0. The predicted molar refractivity (Wildman–Crippen MR) is 180 cm³/mol. The number of nitrogens with zero attached hydrogens (tertiary/aromatic N) is 2. The minimum Gasteiger partial charge on any atom is -0.444 e. The third-order valence-electron chi connectivity index (χ3n) is 8.22. The van der Waals surface area contributed by atoms with Crippen molar-refractivity contribution in [1.29, 1.82) is 0 Å². The molecule has 1 aliphatic rings. The van der Waals surface area contributed by atoms with E-state index in [1.165, 1.54) is 10.3 Å². The van der Waals surface area contributed by atoms with Gasteiger partial charge in [0.15, 0.2) is 0 Å². The topological polar surface area (TPSA) is 77.5 Å². The molecule has 0 radical (unpaired) electrons. The fourth-order valence-corrected chi connectivity index (χ4v) is 5.96. The van der Waals surface area contributed by atoms with Gasteiger partial charge < -0.3 is 23.8 Å². The number of piperidine rings is 1. The lowest BCUT2D eigenvalue weighted by atomic mass is 9.78. The van der Waals surface area contributed by atoms with Gasteiger partial charge in [0.2, 0.25) is 0 Å². The Morgan fingerprint density at radius 1 is 0.826 bits per heavy atom. The number of fused-ring (bicyclic) bond motifs is 1. The van der Waals surface area contributed by atoms with Crippen LogP contribution in [-0.2, 0) is 32.2 Å². The van der Waals surface area contributed by atoms with Gasteiger partial charge in [0.1, 0.15) is 12.2 Å². The number of para-hydroxylation sites is 1. The van der Waals surface area contributed by atoms with E-state index in [1.807, 2.05) is 75.4 Å². The van der Waals surface area contributed by atoms with Crippen molar-refractivity contribution >= 4 is 28.6 Å². The number of amides is 2. The first-order chi connectivity index (χ1) is 22.1. The Morgan fingerprint density at radius 2 is 1.50 bits per heavy atom. The second kappa shape index (κ2) is 14.8. The first kappa shape index (κ1) is 33.0. The minimum atomic E-state index is -0.610. The van der Waals surface area contributed by atoms with Crippen LogP contribution in [0.25, 0.3) is 10.8 Å². The van der Waals surface area contributed by atoms with Gasteiger partial charge in [-0.15, -0.1) is 0 Å². The maximum Gasteiger partial charge on any atom is 0.414 e. The molecular weight excluding hydrogens is 580 g/mol. The minimum absolute atomic E-state index is 0.0314. The third-order valence-corrected chi connectivity index (χ3v) is 8.22. The van der Waals surface area contributed by atoms with Crippen molar-refractivity contribution in [3.05, 3.63) is 114 Å². The van der Waals surface area contributed by atoms with Crippen LogP contribution in [0.15, 0.2) is 97.1 Å². The van der Waals surface area contributed by atoms with E-state index in [9.17, 15) is 9.59 Å². The van der Waals surface area contributed by atoms with Crippen LogP contribution in [0.3, 0.4) is 0 Å². The quantitative estimate of drug-likeness (QED) is 0.189. The van der Waals surface area contributed by atoms with Gasteiger partial charge in [0.25, 0.3) is 0 Å². The fraction of sp³-hybridized carbons (Fsp3) is 0.368. The average Bonchev–Trinajstić information content (AvgIpc) is 3.05. The molecule has 2 amide bonds. The second-order valence-corrected chi connectivity index (χ2v) is 12.8. The van der Waals surface area contributed by atoms with E-state index in [1.54, 1.807) is 19.1 Å². The molecular formula is C38H44N2O6. The summed E-state index contributed by atoms with van der Waals surface area (Å²) in [4.78, 5) is 29.1. The molecule has 46 heavy (non-hydrogen) atoms. The Labute approximate surface area is 271 Å². The van der Waals surface area contributed by atoms with Gasteiger partial charge >= 0.3 is 12.2 Å². The summed E-state index contributed by atoms with van der Waals surface area (Å²) in [5, 5.41) is 2.33. The maximum absolute atomic E-state index is 13.2. The highest BCUT2D eigenvalue weighted by Crippen LogP contribution is 2.37. The fourth-order valence-electron chi connectivity index (χ4n) is 5.96. The van der Waals surface area contributed by atoms with E-state index in [0.29, 0.717) is 26.3 Å². The predicted octanol–water partition coefficient (Wildman–Crippen LogP) is 7.80. The summed E-state index contributed by atoms with van der Waals surface area (Å²) in [5.74, 6) is -0.0732. The van der Waals surface area contributed by atoms with Crippen molar-refractivity contribution in [2.24, 2.45) is 5.92 Å². The average molecular weight is 625 g/mol. The lowest BCUT2D eigenvalue weighted by molar-refractivity contribution is -0.0629. The molecule has 5 rings (SSSR count). The van der Waals surface area contributed by atoms with Crippen molar-refractivity contribution in [2.75, 3.05) is 38.8 Å². The summed E-state index contributed by atoms with van der Waals surface area (Å²) in [5.41, 5.74) is 3.17. The molecule has 4 aromatic carbocycles. The van der Waals surface area contributed by atoms with Gasteiger partial charge in [-0.2, -0.15) is 0 Å². The smallest absolute Gasteiger partial charge is 0.414 e. The zero-order chi connectivity index (χ0) is 32.7. The van der Waals surface area contributed by atoms with Gasteiger partial charge in [-0.3, -0.25) is 4.90 Å². The molecule has 0 aliphatic carbocycles. The molecule has 1 saturated heterocycles. The monoisotopic (exact) mass is 624 g/mol. The summed E-state index contributed by atoms with van der Waals surface area (Å²) < 4.78 is 23.7. The van der Waals surface area contributed by atoms with Crippen molar-refractivity contribution < 1.29 is 28.5 Å². The van der Waals surface area contributed by atoms with Gasteiger partial charge in [-0.1, -0.05) is 78.9 Å². The van der Waals surface area contributed by atoms with Crippen molar-refractivity contribution in [2.45, 2.75) is 51.6 Å². The number of anilines is 1. The molecule has 0 saturated carbocycles. The molecule has 3 atom stereocenters. The molecule has 1 heterocycles. The van der Waals surface area contributed by atoms with Crippen LogP contribution in [0.2, 0.25) is 0 Å². The molecule has 8 heteroatoms. The molecule has 242 valence electrons. The lowest BCUT2D eigenvalue weighted by Gasteiger charge is -2.44. The summed E-state index contributed by atoms with van der Waals surface area (Å²) >= 11 is 0. The highest BCUT2D eigenvalue weighted by atomic mass is 16.6. The number of carbonyl (C=O) groups excluding carboxylic acids is 2. The SMILES string of the molecule is COCC1CN(C(=O)OC(C)(C)C)CC(OCc2ccc3ccccc3c2)C1c1ccc(COC(=O)N(C)c2ccccc2)cc1. The number of likely N-dealkylation sites (tertiary alicyclic amines) is 1. The molecule has 0 N–H and O–H groups in total. The Kier molecular flexibility index (Phi) is 10.6. The Morgan fingerprint density at radius 3 is 2.20 bits per heavy atom. The lowest BCUT2D eigenvalue weighted by Crippen LogP contribution is -2.53. The first-order valence-electron chi connectivity index (χ1n) is 15.7. The molecule has 0 spiro atoms. The summed E-state index contributed by atoms with van der Waals surface area (Å²) in [6, 6.07) is 32.1. The van der Waals surface area contributed by atoms with E-state index in [2.05, 4.69) is 42.5 Å². The van der Waals surface area contributed by atoms with E-state index >= 15 is 0 Å². The molecule has 4 aromatic rings. The number of rotatable bonds is 9. The zero-order valence-corrected chi connectivity index (χ0v) is 27.3. The van der Waals surface area contributed by atoms with E-state index in [4.69, 9.17) is 18.9 Å². The summed E-state index contributed by atoms with van der Waals surface area (Å²) in [6.45, 7) is 7.48. The zero-order valence-electron chi connectivity index (χ0n) is 27.3. The molecule has 3 unspecified atom stereocenters. The Balaban J connectivity index is 1.34. The van der Waals surface area contributed by atoms with E-state index < -0.39 is 11.7 Å². The van der Waals surface area contributed by atoms with Crippen LogP contribution in [0, 0.1) is 5.92 Å². The van der Waals surface area contributed by atoms with Gasteiger partial charge in [-0.05, 0) is 66.4 Å². The van der Waals surface area contributed by atoms with Crippen molar-refractivity contribution in [3.8, 4) is 0 Å². The number of hydrogen-bond acceptors (Lipinski definition) is 6. The van der Waals surface area contributed by atoms with Crippen LogP contribution < -0.4 is 4.90 Å². The van der Waals surface area contributed by atoms with Crippen molar-refractivity contribution in [1.82, 2.24) is 4.90 Å². The molecule has 1 aliphatic heterocycles. The standard InChI is InChI=1S/C38H44N2O6/c1-38(2,3)46-37(42)40-22-32(26-43-5)35(34(23-40)44-25-28-17-18-29-11-9-10-12-31(29)21-28)30-19-15-27(16-20-30)24-45-36(41)39(4)33-13-7-6-8-14-33/h6-21,32,34-35H,22-26H2,1-5H3. The van der Waals surface area contributed by atoms with E-state index in [0.717, 1.165) is 27.8 Å². The Bertz CT molecular complexity index is 1600. The Hall–Kier alpha value is -4.40. The molecule has 1 fully saturated rings. The summed E-state index contributed by atoms with van der Waals surface area (Å²) in [7, 11) is 3.37. The number of carbonyl (C=O) groups is 2. The normalized spacial score (nSPS) is 18.3. The molecule has 0 bridgehead atoms. The van der Waals surface area contributed by atoms with Gasteiger partial charge in [-0.25, -0.2) is 9.59 Å². The highest BCUT2D eigenvalue weighted by molar-refractivity contribution is 5.86. The van der Waals surface area contributed by atoms with Crippen LogP contribution >= 0.6 is 0 Å². The number of methoxy groups -OCH3 is 1. The third kappa shape index (κ3) is 8.44. The van der Waals surface area contributed by atoms with Gasteiger partial charge in [0, 0.05) is 38.2 Å². The molecule has 0 aromatic heterocycles. The first-order valence-corrected chi connectivity index (χ1v) is 15.7. The van der Waals surface area contributed by atoms with E-state index in [-0.39, 0.29) is 30.6 Å². The number of ether oxygens (including phenoxy) is 4. The highest BCUT2D eigenvalue weighted by Gasteiger charge is 2.41. The van der Waals surface area contributed by atoms with Crippen molar-refractivity contribution in [3.63, 3.8) is 0 Å². The van der Waals surface area contributed by atoms with Gasteiger partial charge in [0.05, 0.1) is 25.9 Å². The van der Waals surface area contributed by atoms with Crippen LogP contribution in [0.1, 0.15) is 43.4 Å². The maximum atomic E-state index is 13.2. The largest absolute Gasteiger partial charge is 0.444 e. The van der Waals surface area contributed by atoms with Crippen LogP contribution in [-0.4, -0.2) is 62.6 Å². The van der Waals surface area contributed by atoms with Crippen LogP contribution in [0.4, 0.5) is 15.3 Å². The summed E-state index contributed by atoms with van der Waals surface area (Å²) in [6.07, 6.45) is -1.09. The number of benzene rings is 4.